The van der Waals surface area contributed by atoms with Crippen LogP contribution in [0.15, 0.2) is 48.5 Å². The number of hydrogen-bond donors (Lipinski definition) is 2. The average molecular weight is 269 g/mol. The second-order valence-electron chi connectivity index (χ2n) is 5.28. The minimum atomic E-state index is -0.554. The first kappa shape index (κ1) is 13.2. The zero-order valence-electron chi connectivity index (χ0n) is 11.3. The van der Waals surface area contributed by atoms with Gasteiger partial charge in [0.05, 0.1) is 6.10 Å². The Morgan fingerprint density at radius 1 is 1.15 bits per heavy atom. The molecule has 2 aromatic rings. The molecule has 104 valence electrons. The van der Waals surface area contributed by atoms with E-state index in [9.17, 15) is 5.11 Å². The number of fused-ring (bicyclic) bond motifs is 1. The van der Waals surface area contributed by atoms with Crippen molar-refractivity contribution in [3.8, 4) is 5.75 Å². The summed E-state index contributed by atoms with van der Waals surface area (Å²) in [6.45, 7) is 0.557. The van der Waals surface area contributed by atoms with E-state index in [4.69, 9.17) is 10.5 Å². The molecule has 1 aliphatic rings. The SMILES string of the molecule is N[C@@H]1CCc2cc(OCc3ccccc3)ccc2[C@@H]1O. The molecule has 0 heterocycles. The van der Waals surface area contributed by atoms with Gasteiger partial charge in [0.15, 0.2) is 0 Å². The summed E-state index contributed by atoms with van der Waals surface area (Å²) >= 11 is 0. The second-order valence-corrected chi connectivity index (χ2v) is 5.28. The van der Waals surface area contributed by atoms with Gasteiger partial charge in [0, 0.05) is 6.04 Å². The van der Waals surface area contributed by atoms with Crippen molar-refractivity contribution in [1.82, 2.24) is 0 Å². The van der Waals surface area contributed by atoms with Crippen molar-refractivity contribution in [3.63, 3.8) is 0 Å². The van der Waals surface area contributed by atoms with Crippen LogP contribution in [-0.2, 0) is 13.0 Å². The molecule has 3 N–H and O–H groups in total. The summed E-state index contributed by atoms with van der Waals surface area (Å²) in [7, 11) is 0. The van der Waals surface area contributed by atoms with E-state index in [0.717, 1.165) is 35.3 Å². The quantitative estimate of drug-likeness (QED) is 0.900. The van der Waals surface area contributed by atoms with Gasteiger partial charge in [0.1, 0.15) is 12.4 Å². The third kappa shape index (κ3) is 2.69. The highest BCUT2D eigenvalue weighted by molar-refractivity contribution is 5.39. The maximum absolute atomic E-state index is 10.1. The minimum absolute atomic E-state index is 0.154. The Kier molecular flexibility index (Phi) is 3.72. The lowest BCUT2D eigenvalue weighted by atomic mass is 9.86. The highest BCUT2D eigenvalue weighted by Crippen LogP contribution is 2.31. The third-order valence-electron chi connectivity index (χ3n) is 3.83. The normalized spacial score (nSPS) is 21.3. The van der Waals surface area contributed by atoms with Gasteiger partial charge < -0.3 is 15.6 Å². The molecule has 0 spiro atoms. The van der Waals surface area contributed by atoms with Gasteiger partial charge in [-0.1, -0.05) is 36.4 Å². The lowest BCUT2D eigenvalue weighted by Gasteiger charge is -2.27. The number of aliphatic hydroxyl groups excluding tert-OH is 1. The van der Waals surface area contributed by atoms with Crippen LogP contribution in [0, 0.1) is 0 Å². The van der Waals surface area contributed by atoms with Crippen LogP contribution < -0.4 is 10.5 Å². The van der Waals surface area contributed by atoms with E-state index in [-0.39, 0.29) is 6.04 Å². The predicted molar refractivity (Wildman–Crippen MR) is 78.5 cm³/mol. The summed E-state index contributed by atoms with van der Waals surface area (Å²) < 4.78 is 5.81. The molecule has 0 saturated heterocycles. The zero-order chi connectivity index (χ0) is 13.9. The maximum atomic E-state index is 10.1. The van der Waals surface area contributed by atoms with E-state index in [1.807, 2.05) is 48.5 Å². The molecule has 0 aliphatic heterocycles. The molecule has 0 fully saturated rings. The molecule has 2 aromatic carbocycles. The van der Waals surface area contributed by atoms with Gasteiger partial charge in [0.25, 0.3) is 0 Å². The molecule has 3 rings (SSSR count). The predicted octanol–water partition coefficient (Wildman–Crippen LogP) is 2.57. The largest absolute Gasteiger partial charge is 0.489 e. The lowest BCUT2D eigenvalue weighted by Crippen LogP contribution is -2.32. The fourth-order valence-corrected chi connectivity index (χ4v) is 2.63. The van der Waals surface area contributed by atoms with Crippen molar-refractivity contribution >= 4 is 0 Å². The van der Waals surface area contributed by atoms with Crippen molar-refractivity contribution in [1.29, 1.82) is 0 Å². The fourth-order valence-electron chi connectivity index (χ4n) is 2.63. The summed E-state index contributed by atoms with van der Waals surface area (Å²) in [5, 5.41) is 10.1. The lowest BCUT2D eigenvalue weighted by molar-refractivity contribution is 0.133. The summed E-state index contributed by atoms with van der Waals surface area (Å²) in [5.41, 5.74) is 9.11. The topological polar surface area (TPSA) is 55.5 Å². The van der Waals surface area contributed by atoms with Crippen LogP contribution in [0.1, 0.15) is 29.2 Å². The van der Waals surface area contributed by atoms with Crippen LogP contribution in [0.2, 0.25) is 0 Å². The van der Waals surface area contributed by atoms with Gasteiger partial charge in [-0.05, 0) is 41.7 Å². The highest BCUT2D eigenvalue weighted by atomic mass is 16.5. The molecule has 3 nitrogen and oxygen atoms in total. The number of aryl methyl sites for hydroxylation is 1. The summed E-state index contributed by atoms with van der Waals surface area (Å²) in [5.74, 6) is 0.843. The number of nitrogens with two attached hydrogens (primary N) is 1. The van der Waals surface area contributed by atoms with Gasteiger partial charge in [-0.2, -0.15) is 0 Å². The molecule has 20 heavy (non-hydrogen) atoms. The molecular formula is C17H19NO2. The molecule has 2 atom stereocenters. The van der Waals surface area contributed by atoms with Crippen LogP contribution in [-0.4, -0.2) is 11.1 Å². The minimum Gasteiger partial charge on any atom is -0.489 e. The van der Waals surface area contributed by atoms with Crippen LogP contribution in [0.4, 0.5) is 0 Å². The van der Waals surface area contributed by atoms with Crippen LogP contribution >= 0.6 is 0 Å². The standard InChI is InChI=1S/C17H19NO2/c18-16-9-6-13-10-14(7-8-15(13)17(16)19)20-11-12-4-2-1-3-5-12/h1-5,7-8,10,16-17,19H,6,9,11,18H2/t16-,17+/m1/s1. The molecule has 0 saturated carbocycles. The fraction of sp³-hybridized carbons (Fsp3) is 0.294. The molecule has 0 radical (unpaired) electrons. The summed E-state index contributed by atoms with van der Waals surface area (Å²) in [6, 6.07) is 15.8. The highest BCUT2D eigenvalue weighted by Gasteiger charge is 2.25. The van der Waals surface area contributed by atoms with Crippen LogP contribution in [0.3, 0.4) is 0 Å². The first-order chi connectivity index (χ1) is 9.74. The van der Waals surface area contributed by atoms with Crippen LogP contribution in [0.5, 0.6) is 5.75 Å². The Balaban J connectivity index is 1.73. The van der Waals surface area contributed by atoms with Crippen molar-refractivity contribution in [2.75, 3.05) is 0 Å². The maximum Gasteiger partial charge on any atom is 0.120 e. The third-order valence-corrected chi connectivity index (χ3v) is 3.83. The first-order valence-electron chi connectivity index (χ1n) is 6.97. The average Bonchev–Trinajstić information content (AvgIpc) is 2.50. The van der Waals surface area contributed by atoms with E-state index in [1.165, 1.54) is 0 Å². The number of hydrogen-bond acceptors (Lipinski definition) is 3. The monoisotopic (exact) mass is 269 g/mol. The number of rotatable bonds is 3. The van der Waals surface area contributed by atoms with Crippen molar-refractivity contribution in [3.05, 3.63) is 65.2 Å². The van der Waals surface area contributed by atoms with Crippen LogP contribution in [0.25, 0.3) is 0 Å². The Hall–Kier alpha value is -1.84. The van der Waals surface area contributed by atoms with E-state index in [0.29, 0.717) is 6.61 Å². The molecule has 3 heteroatoms. The Labute approximate surface area is 119 Å². The van der Waals surface area contributed by atoms with Gasteiger partial charge >= 0.3 is 0 Å². The molecule has 0 aromatic heterocycles. The number of benzene rings is 2. The smallest absolute Gasteiger partial charge is 0.120 e. The molecule has 0 bridgehead atoms. The summed E-state index contributed by atoms with van der Waals surface area (Å²) in [4.78, 5) is 0. The summed E-state index contributed by atoms with van der Waals surface area (Å²) in [6.07, 6.45) is 1.16. The zero-order valence-corrected chi connectivity index (χ0v) is 11.3. The van der Waals surface area contributed by atoms with Gasteiger partial charge in [-0.25, -0.2) is 0 Å². The van der Waals surface area contributed by atoms with E-state index in [1.54, 1.807) is 0 Å². The Bertz CT molecular complexity index is 583. The Morgan fingerprint density at radius 2 is 1.95 bits per heavy atom. The molecule has 1 aliphatic carbocycles. The molecule has 0 unspecified atom stereocenters. The molecule has 0 amide bonds. The first-order valence-corrected chi connectivity index (χ1v) is 6.97. The Morgan fingerprint density at radius 3 is 2.75 bits per heavy atom. The second kappa shape index (κ2) is 5.65. The van der Waals surface area contributed by atoms with Crippen molar-refractivity contribution in [2.24, 2.45) is 5.73 Å². The van der Waals surface area contributed by atoms with Crippen molar-refractivity contribution in [2.45, 2.75) is 31.6 Å². The number of aliphatic hydroxyl groups is 1. The van der Waals surface area contributed by atoms with Gasteiger partial charge in [-0.3, -0.25) is 0 Å². The van der Waals surface area contributed by atoms with E-state index >= 15 is 0 Å². The van der Waals surface area contributed by atoms with E-state index < -0.39 is 6.10 Å². The van der Waals surface area contributed by atoms with Gasteiger partial charge in [0.2, 0.25) is 0 Å². The van der Waals surface area contributed by atoms with Gasteiger partial charge in [-0.15, -0.1) is 0 Å². The van der Waals surface area contributed by atoms with Crippen molar-refractivity contribution < 1.29 is 9.84 Å². The van der Waals surface area contributed by atoms with E-state index in [2.05, 4.69) is 0 Å². The number of ether oxygens (including phenoxy) is 1. The molecular weight excluding hydrogens is 250 g/mol.